The predicted molar refractivity (Wildman–Crippen MR) is 67.1 cm³/mol. The molecule has 0 spiro atoms. The van der Waals surface area contributed by atoms with E-state index < -0.39 is 36.4 Å². The molecule has 0 bridgehead atoms. The number of halogens is 3. The molecule has 118 valence electrons. The lowest BCUT2D eigenvalue weighted by Crippen LogP contribution is -2.52. The summed E-state index contributed by atoms with van der Waals surface area (Å²) in [7, 11) is 0. The second kappa shape index (κ2) is 6.81. The van der Waals surface area contributed by atoms with Gasteiger partial charge in [-0.2, -0.15) is 13.2 Å². The molecule has 1 atom stereocenters. The molecule has 0 aromatic heterocycles. The fourth-order valence-corrected chi connectivity index (χ4v) is 1.27. The molecule has 0 aromatic rings. The number of hydrogen-bond donors (Lipinski definition) is 2. The van der Waals surface area contributed by atoms with E-state index >= 15 is 0 Å². The fraction of sp³-hybridized carbons (Fsp3) is 0.833. The molecule has 5 nitrogen and oxygen atoms in total. The molecular weight excluding hydrogens is 277 g/mol. The van der Waals surface area contributed by atoms with Crippen molar-refractivity contribution in [1.29, 1.82) is 0 Å². The van der Waals surface area contributed by atoms with Crippen LogP contribution in [0.5, 0.6) is 0 Å². The lowest BCUT2D eigenvalue weighted by molar-refractivity contribution is -0.140. The van der Waals surface area contributed by atoms with E-state index in [9.17, 15) is 22.8 Å². The number of alkyl carbamates (subject to hydrolysis) is 1. The second-order valence-corrected chi connectivity index (χ2v) is 5.70. The van der Waals surface area contributed by atoms with Crippen molar-refractivity contribution >= 4 is 12.0 Å². The summed E-state index contributed by atoms with van der Waals surface area (Å²) in [5, 5.41) is 4.01. The maximum Gasteiger partial charge on any atom is 0.408 e. The number of ether oxygens (including phenoxy) is 1. The van der Waals surface area contributed by atoms with Gasteiger partial charge in [0, 0.05) is 0 Å². The first kappa shape index (κ1) is 18.5. The molecule has 0 aliphatic heterocycles. The first-order valence-corrected chi connectivity index (χ1v) is 6.16. The maximum atomic E-state index is 12.0. The molecule has 0 aromatic carbocycles. The van der Waals surface area contributed by atoms with Crippen LogP contribution in [0.3, 0.4) is 0 Å². The summed E-state index contributed by atoms with van der Waals surface area (Å²) in [5.74, 6) is -1.28. The minimum Gasteiger partial charge on any atom is -0.444 e. The van der Waals surface area contributed by atoms with Crippen LogP contribution in [-0.4, -0.2) is 36.4 Å². The van der Waals surface area contributed by atoms with E-state index in [0.29, 0.717) is 0 Å². The van der Waals surface area contributed by atoms with Crippen LogP contribution in [0.4, 0.5) is 18.0 Å². The zero-order valence-corrected chi connectivity index (χ0v) is 12.2. The average Bonchev–Trinajstić information content (AvgIpc) is 2.18. The van der Waals surface area contributed by atoms with E-state index in [1.807, 2.05) is 0 Å². The highest BCUT2D eigenvalue weighted by molar-refractivity contribution is 5.85. The molecule has 1 unspecified atom stereocenters. The van der Waals surface area contributed by atoms with Gasteiger partial charge in [0.25, 0.3) is 0 Å². The molecule has 0 fully saturated rings. The van der Waals surface area contributed by atoms with Gasteiger partial charge in [-0.05, 0) is 26.7 Å². The van der Waals surface area contributed by atoms with E-state index in [1.165, 1.54) is 0 Å². The second-order valence-electron chi connectivity index (χ2n) is 5.70. The van der Waals surface area contributed by atoms with Gasteiger partial charge in [-0.3, -0.25) is 4.79 Å². The summed E-state index contributed by atoms with van der Waals surface area (Å²) < 4.78 is 41.1. The van der Waals surface area contributed by atoms with Crippen LogP contribution in [0, 0.1) is 5.92 Å². The molecule has 0 aliphatic carbocycles. The van der Waals surface area contributed by atoms with Crippen molar-refractivity contribution in [3.05, 3.63) is 0 Å². The van der Waals surface area contributed by atoms with Gasteiger partial charge in [0.15, 0.2) is 0 Å². The van der Waals surface area contributed by atoms with E-state index in [0.717, 1.165) is 0 Å². The standard InChI is InChI=1S/C12H21F3N2O3/c1-7(2)8(9(18)16-6-12(13,14)15)17-10(19)20-11(3,4)5/h7-8H,6H2,1-5H3,(H,16,18)(H,17,19). The fourth-order valence-electron chi connectivity index (χ4n) is 1.27. The third-order valence-corrected chi connectivity index (χ3v) is 2.08. The Hall–Kier alpha value is -1.47. The van der Waals surface area contributed by atoms with Crippen molar-refractivity contribution < 1.29 is 27.5 Å². The quantitative estimate of drug-likeness (QED) is 0.836. The topological polar surface area (TPSA) is 67.4 Å². The number of rotatable bonds is 4. The van der Waals surface area contributed by atoms with Gasteiger partial charge >= 0.3 is 12.3 Å². The average molecular weight is 298 g/mol. The smallest absolute Gasteiger partial charge is 0.408 e. The molecule has 0 saturated heterocycles. The Bertz CT molecular complexity index is 349. The maximum absolute atomic E-state index is 12.0. The van der Waals surface area contributed by atoms with Crippen molar-refractivity contribution in [2.24, 2.45) is 5.92 Å². The van der Waals surface area contributed by atoms with Gasteiger partial charge in [0.2, 0.25) is 5.91 Å². The number of nitrogens with one attached hydrogen (secondary N) is 2. The summed E-state index contributed by atoms with van der Waals surface area (Å²) in [5.41, 5.74) is -0.756. The van der Waals surface area contributed by atoms with Gasteiger partial charge in [0.1, 0.15) is 18.2 Å². The van der Waals surface area contributed by atoms with E-state index in [1.54, 1.807) is 39.9 Å². The third-order valence-electron chi connectivity index (χ3n) is 2.08. The highest BCUT2D eigenvalue weighted by atomic mass is 19.4. The molecule has 0 saturated carbocycles. The SMILES string of the molecule is CC(C)C(NC(=O)OC(C)(C)C)C(=O)NCC(F)(F)F. The summed E-state index contributed by atoms with van der Waals surface area (Å²) in [6, 6.07) is -1.09. The normalized spacial score (nSPS) is 13.8. The molecule has 0 radical (unpaired) electrons. The van der Waals surface area contributed by atoms with Gasteiger partial charge in [-0.25, -0.2) is 4.79 Å². The van der Waals surface area contributed by atoms with Crippen LogP contribution < -0.4 is 10.6 Å². The van der Waals surface area contributed by atoms with Crippen LogP contribution in [0.15, 0.2) is 0 Å². The summed E-state index contributed by atoms with van der Waals surface area (Å²) in [6.07, 6.45) is -5.35. The van der Waals surface area contributed by atoms with Crippen LogP contribution in [-0.2, 0) is 9.53 Å². The zero-order valence-electron chi connectivity index (χ0n) is 12.2. The first-order chi connectivity index (χ1) is 8.82. The van der Waals surface area contributed by atoms with Crippen LogP contribution in [0.2, 0.25) is 0 Å². The van der Waals surface area contributed by atoms with Crippen molar-refractivity contribution in [3.63, 3.8) is 0 Å². The van der Waals surface area contributed by atoms with Crippen LogP contribution >= 0.6 is 0 Å². The number of carbonyl (C=O) groups excluding carboxylic acids is 2. The summed E-state index contributed by atoms with van der Waals surface area (Å²) in [6.45, 7) is 6.69. The number of amides is 2. The number of carbonyl (C=O) groups is 2. The lowest BCUT2D eigenvalue weighted by atomic mass is 10.0. The number of alkyl halides is 3. The third kappa shape index (κ3) is 8.60. The largest absolute Gasteiger partial charge is 0.444 e. The highest BCUT2D eigenvalue weighted by Crippen LogP contribution is 2.13. The molecule has 0 heterocycles. The summed E-state index contributed by atoms with van der Waals surface area (Å²) in [4.78, 5) is 23.2. The van der Waals surface area contributed by atoms with Crippen molar-refractivity contribution in [3.8, 4) is 0 Å². The lowest BCUT2D eigenvalue weighted by Gasteiger charge is -2.25. The highest BCUT2D eigenvalue weighted by Gasteiger charge is 2.31. The van der Waals surface area contributed by atoms with Gasteiger partial charge in [-0.1, -0.05) is 13.8 Å². The zero-order chi connectivity index (χ0) is 16.1. The minimum atomic E-state index is -4.50. The number of hydrogen-bond acceptors (Lipinski definition) is 3. The van der Waals surface area contributed by atoms with Gasteiger partial charge < -0.3 is 15.4 Å². The predicted octanol–water partition coefficient (Wildman–Crippen LogP) is 2.21. The molecule has 2 N–H and O–H groups in total. The molecular formula is C12H21F3N2O3. The molecule has 20 heavy (non-hydrogen) atoms. The minimum absolute atomic E-state index is 0.379. The van der Waals surface area contributed by atoms with Crippen molar-refractivity contribution in [2.45, 2.75) is 52.4 Å². The van der Waals surface area contributed by atoms with Crippen molar-refractivity contribution in [2.75, 3.05) is 6.54 Å². The van der Waals surface area contributed by atoms with Crippen LogP contribution in [0.25, 0.3) is 0 Å². The Morgan fingerprint density at radius 1 is 1.15 bits per heavy atom. The van der Waals surface area contributed by atoms with Crippen molar-refractivity contribution in [1.82, 2.24) is 10.6 Å². The Balaban J connectivity index is 4.58. The molecule has 0 aliphatic rings. The Morgan fingerprint density at radius 2 is 1.65 bits per heavy atom. The van der Waals surface area contributed by atoms with Gasteiger partial charge in [0.05, 0.1) is 0 Å². The van der Waals surface area contributed by atoms with E-state index in [2.05, 4.69) is 5.32 Å². The Kier molecular flexibility index (Phi) is 6.31. The molecule has 0 rings (SSSR count). The first-order valence-electron chi connectivity index (χ1n) is 6.16. The van der Waals surface area contributed by atoms with Gasteiger partial charge in [-0.15, -0.1) is 0 Å². The monoisotopic (exact) mass is 298 g/mol. The van der Waals surface area contributed by atoms with E-state index in [4.69, 9.17) is 4.74 Å². The Morgan fingerprint density at radius 3 is 2.00 bits per heavy atom. The molecule has 2 amide bonds. The summed E-state index contributed by atoms with van der Waals surface area (Å²) >= 11 is 0. The van der Waals surface area contributed by atoms with E-state index in [-0.39, 0.29) is 5.92 Å². The Labute approximate surface area is 116 Å². The molecule has 8 heteroatoms. The van der Waals surface area contributed by atoms with Crippen LogP contribution in [0.1, 0.15) is 34.6 Å².